The molecule has 7 nitrogen and oxygen atoms in total. The largest absolute Gasteiger partial charge is 0.480 e. The number of benzene rings is 1. The van der Waals surface area contributed by atoms with Gasteiger partial charge in [0.15, 0.2) is 0 Å². The second kappa shape index (κ2) is 5.28. The van der Waals surface area contributed by atoms with E-state index in [1.54, 1.807) is 0 Å². The summed E-state index contributed by atoms with van der Waals surface area (Å²) >= 11 is 0. The van der Waals surface area contributed by atoms with Crippen LogP contribution in [0.15, 0.2) is 18.2 Å². The predicted octanol–water partition coefficient (Wildman–Crippen LogP) is 1.50. The molecule has 1 aliphatic rings. The van der Waals surface area contributed by atoms with Gasteiger partial charge in [0.05, 0.1) is 4.92 Å². The van der Waals surface area contributed by atoms with Crippen LogP contribution in [0.5, 0.6) is 0 Å². The van der Waals surface area contributed by atoms with Crippen molar-refractivity contribution in [2.75, 3.05) is 0 Å². The molecule has 0 aromatic heterocycles. The molecule has 2 rings (SSSR count). The van der Waals surface area contributed by atoms with Gasteiger partial charge in [-0.2, -0.15) is 0 Å². The Hall–Kier alpha value is -2.44. The minimum absolute atomic E-state index is 0.0830. The van der Waals surface area contributed by atoms with Crippen LogP contribution in [-0.2, 0) is 4.79 Å². The minimum Gasteiger partial charge on any atom is -0.480 e. The van der Waals surface area contributed by atoms with Crippen molar-refractivity contribution in [1.29, 1.82) is 0 Å². The van der Waals surface area contributed by atoms with E-state index < -0.39 is 22.8 Å². The van der Waals surface area contributed by atoms with Crippen molar-refractivity contribution in [3.63, 3.8) is 0 Å². The highest BCUT2D eigenvalue weighted by Crippen LogP contribution is 2.33. The smallest absolute Gasteiger partial charge is 0.326 e. The summed E-state index contributed by atoms with van der Waals surface area (Å²) < 4.78 is 0. The summed E-state index contributed by atoms with van der Waals surface area (Å²) in [5.41, 5.74) is -0.0345. The average molecular weight is 278 g/mol. The lowest BCUT2D eigenvalue weighted by molar-refractivity contribution is -0.385. The summed E-state index contributed by atoms with van der Waals surface area (Å²) in [6.45, 7) is 1.53. The summed E-state index contributed by atoms with van der Waals surface area (Å²) in [5.74, 6) is -1.92. The Morgan fingerprint density at radius 3 is 2.60 bits per heavy atom. The van der Waals surface area contributed by atoms with Crippen LogP contribution in [0.4, 0.5) is 5.69 Å². The molecule has 106 valence electrons. The average Bonchev–Trinajstić information content (AvgIpc) is 3.18. The van der Waals surface area contributed by atoms with Gasteiger partial charge in [-0.05, 0) is 31.7 Å². The van der Waals surface area contributed by atoms with Gasteiger partial charge in [-0.1, -0.05) is 12.1 Å². The Balaban J connectivity index is 2.27. The van der Waals surface area contributed by atoms with Crippen LogP contribution in [-0.4, -0.2) is 27.9 Å². The van der Waals surface area contributed by atoms with Crippen LogP contribution in [0, 0.1) is 23.0 Å². The van der Waals surface area contributed by atoms with Crippen molar-refractivity contribution in [3.05, 3.63) is 39.4 Å². The van der Waals surface area contributed by atoms with Crippen LogP contribution < -0.4 is 5.32 Å². The number of para-hydroxylation sites is 1. The molecule has 1 aliphatic carbocycles. The van der Waals surface area contributed by atoms with Crippen LogP contribution in [0.25, 0.3) is 0 Å². The van der Waals surface area contributed by atoms with Crippen LogP contribution in [0.2, 0.25) is 0 Å². The molecule has 1 saturated carbocycles. The second-order valence-electron chi connectivity index (χ2n) is 4.85. The number of nitrogens with one attached hydrogen (secondary N) is 1. The SMILES string of the molecule is Cc1cccc(C(=O)NC(C(=O)O)C2CC2)c1[N+](=O)[O-]. The molecule has 2 N–H and O–H groups in total. The van der Waals surface area contributed by atoms with E-state index in [4.69, 9.17) is 5.11 Å². The molecule has 0 aliphatic heterocycles. The third-order valence-corrected chi connectivity index (χ3v) is 3.31. The summed E-state index contributed by atoms with van der Waals surface area (Å²) in [5, 5.41) is 22.5. The fourth-order valence-corrected chi connectivity index (χ4v) is 2.11. The van der Waals surface area contributed by atoms with Gasteiger partial charge in [0.25, 0.3) is 11.6 Å². The molecular weight excluding hydrogens is 264 g/mol. The van der Waals surface area contributed by atoms with Gasteiger partial charge < -0.3 is 10.4 Å². The van der Waals surface area contributed by atoms with E-state index in [9.17, 15) is 19.7 Å². The molecule has 1 aromatic rings. The molecule has 0 bridgehead atoms. The van der Waals surface area contributed by atoms with Gasteiger partial charge in [0, 0.05) is 5.56 Å². The predicted molar refractivity (Wildman–Crippen MR) is 69.4 cm³/mol. The van der Waals surface area contributed by atoms with Crippen molar-refractivity contribution in [2.45, 2.75) is 25.8 Å². The molecule has 0 spiro atoms. The van der Waals surface area contributed by atoms with Crippen molar-refractivity contribution in [1.82, 2.24) is 5.32 Å². The molecule has 1 unspecified atom stereocenters. The number of rotatable bonds is 5. The molecule has 1 atom stereocenters. The van der Waals surface area contributed by atoms with Gasteiger partial charge in [-0.3, -0.25) is 14.9 Å². The Labute approximate surface area is 114 Å². The Kier molecular flexibility index (Phi) is 3.69. The second-order valence-corrected chi connectivity index (χ2v) is 4.85. The van der Waals surface area contributed by atoms with Crippen molar-refractivity contribution >= 4 is 17.6 Å². The number of carbonyl (C=O) groups is 2. The highest BCUT2D eigenvalue weighted by atomic mass is 16.6. The summed E-state index contributed by atoms with van der Waals surface area (Å²) in [6, 6.07) is 3.41. The number of amides is 1. The molecule has 0 saturated heterocycles. The third-order valence-electron chi connectivity index (χ3n) is 3.31. The third kappa shape index (κ3) is 2.76. The molecule has 0 radical (unpaired) electrons. The van der Waals surface area contributed by atoms with E-state index in [0.29, 0.717) is 5.56 Å². The number of hydrogen-bond donors (Lipinski definition) is 2. The summed E-state index contributed by atoms with van der Waals surface area (Å²) in [7, 11) is 0. The minimum atomic E-state index is -1.11. The van der Waals surface area contributed by atoms with Gasteiger partial charge in [-0.25, -0.2) is 4.79 Å². The fourth-order valence-electron chi connectivity index (χ4n) is 2.11. The Bertz CT molecular complexity index is 580. The van der Waals surface area contributed by atoms with Crippen LogP contribution in [0.3, 0.4) is 0 Å². The molecular formula is C13H14N2O5. The quantitative estimate of drug-likeness (QED) is 0.626. The normalized spacial score (nSPS) is 15.4. The van der Waals surface area contributed by atoms with Crippen molar-refractivity contribution in [2.24, 2.45) is 5.92 Å². The van der Waals surface area contributed by atoms with E-state index >= 15 is 0 Å². The number of aliphatic carboxylic acids is 1. The van der Waals surface area contributed by atoms with Gasteiger partial charge in [-0.15, -0.1) is 0 Å². The lowest BCUT2D eigenvalue weighted by Gasteiger charge is -2.13. The summed E-state index contributed by atoms with van der Waals surface area (Å²) in [4.78, 5) is 33.6. The number of carboxylic acids is 1. The Morgan fingerprint density at radius 2 is 2.10 bits per heavy atom. The van der Waals surface area contributed by atoms with Crippen molar-refractivity contribution in [3.8, 4) is 0 Å². The lowest BCUT2D eigenvalue weighted by atomic mass is 10.1. The first-order chi connectivity index (χ1) is 9.41. The summed E-state index contributed by atoms with van der Waals surface area (Å²) in [6.07, 6.45) is 1.49. The van der Waals surface area contributed by atoms with Crippen LogP contribution in [0.1, 0.15) is 28.8 Å². The van der Waals surface area contributed by atoms with Gasteiger partial charge >= 0.3 is 5.97 Å². The fraction of sp³-hybridized carbons (Fsp3) is 0.385. The number of nitro benzene ring substituents is 1. The van der Waals surface area contributed by atoms with Crippen molar-refractivity contribution < 1.29 is 19.6 Å². The number of hydrogen-bond acceptors (Lipinski definition) is 4. The first kappa shape index (κ1) is 14.0. The number of carbonyl (C=O) groups excluding carboxylic acids is 1. The van der Waals surface area contributed by atoms with Gasteiger partial charge in [0.2, 0.25) is 0 Å². The van der Waals surface area contributed by atoms with E-state index in [0.717, 1.165) is 12.8 Å². The highest BCUT2D eigenvalue weighted by molar-refractivity contribution is 6.00. The van der Waals surface area contributed by atoms with E-state index in [1.165, 1.54) is 25.1 Å². The van der Waals surface area contributed by atoms with E-state index in [-0.39, 0.29) is 17.2 Å². The van der Waals surface area contributed by atoms with Gasteiger partial charge in [0.1, 0.15) is 11.6 Å². The molecule has 7 heteroatoms. The maximum absolute atomic E-state index is 12.1. The number of nitrogens with zero attached hydrogens (tertiary/aromatic N) is 1. The van der Waals surface area contributed by atoms with E-state index in [2.05, 4.69) is 5.32 Å². The molecule has 20 heavy (non-hydrogen) atoms. The maximum atomic E-state index is 12.1. The van der Waals surface area contributed by atoms with E-state index in [1.807, 2.05) is 0 Å². The zero-order valence-corrected chi connectivity index (χ0v) is 10.8. The zero-order chi connectivity index (χ0) is 14.9. The Morgan fingerprint density at radius 1 is 1.45 bits per heavy atom. The molecule has 1 fully saturated rings. The molecule has 1 amide bonds. The monoisotopic (exact) mass is 278 g/mol. The number of aryl methyl sites for hydroxylation is 1. The number of nitro groups is 1. The standard InChI is InChI=1S/C13H14N2O5/c1-7-3-2-4-9(11(7)15(19)20)12(16)14-10(13(17)18)8-5-6-8/h2-4,8,10H,5-6H2,1H3,(H,14,16)(H,17,18). The molecule has 0 heterocycles. The maximum Gasteiger partial charge on any atom is 0.326 e. The molecule has 1 aromatic carbocycles. The topological polar surface area (TPSA) is 110 Å². The zero-order valence-electron chi connectivity index (χ0n) is 10.8. The first-order valence-corrected chi connectivity index (χ1v) is 6.19. The lowest BCUT2D eigenvalue weighted by Crippen LogP contribution is -2.42. The number of carboxylic acid groups (broad SMARTS) is 1. The first-order valence-electron chi connectivity index (χ1n) is 6.19. The van der Waals surface area contributed by atoms with Crippen LogP contribution >= 0.6 is 0 Å². The highest BCUT2D eigenvalue weighted by Gasteiger charge is 2.38.